The van der Waals surface area contributed by atoms with Crippen LogP contribution in [0.15, 0.2) is 40.4 Å². The molecule has 0 saturated carbocycles. The molecule has 0 unspecified atom stereocenters. The average molecular weight is 474 g/mol. The number of allylic oxidation sites excluding steroid dienone is 1. The van der Waals surface area contributed by atoms with Crippen LogP contribution >= 0.6 is 0 Å². The molecule has 3 heterocycles. The van der Waals surface area contributed by atoms with Crippen LogP contribution in [0.25, 0.3) is 6.08 Å². The van der Waals surface area contributed by atoms with Gasteiger partial charge in [0, 0.05) is 50.8 Å². The molecule has 2 aromatic rings. The molecular weight excluding hydrogens is 445 g/mol. The van der Waals surface area contributed by atoms with Gasteiger partial charge in [-0.3, -0.25) is 9.89 Å². The first-order chi connectivity index (χ1) is 17.0. The zero-order valence-electron chi connectivity index (χ0n) is 20.0. The van der Waals surface area contributed by atoms with Crippen LogP contribution in [-0.4, -0.2) is 60.0 Å². The number of piperazine rings is 1. The smallest absolute Gasteiger partial charge is 0.326 e. The third kappa shape index (κ3) is 5.17. The molecule has 0 atom stereocenters. The van der Waals surface area contributed by atoms with E-state index >= 15 is 4.39 Å². The minimum atomic E-state index is -0.396. The van der Waals surface area contributed by atoms with Gasteiger partial charge >= 0.3 is 6.01 Å². The van der Waals surface area contributed by atoms with Crippen LogP contribution in [0.2, 0.25) is 0 Å². The predicted octanol–water partition coefficient (Wildman–Crippen LogP) is 4.17. The predicted molar refractivity (Wildman–Crippen MR) is 134 cm³/mol. The number of nitrogens with one attached hydrogen (secondary N) is 1. The van der Waals surface area contributed by atoms with Gasteiger partial charge in [0.25, 0.3) is 0 Å². The Morgan fingerprint density at radius 1 is 1.11 bits per heavy atom. The lowest BCUT2D eigenvalue weighted by Crippen LogP contribution is -2.46. The van der Waals surface area contributed by atoms with Gasteiger partial charge in [0.05, 0.1) is 12.6 Å². The molecule has 0 amide bonds. The lowest BCUT2D eigenvalue weighted by atomic mass is 10.1. The van der Waals surface area contributed by atoms with Crippen molar-refractivity contribution in [3.8, 4) is 17.8 Å². The first-order valence-electron chi connectivity index (χ1n) is 11.9. The van der Waals surface area contributed by atoms with Crippen LogP contribution < -0.4 is 15.0 Å². The number of nitrogens with zero attached hydrogens (tertiary/aromatic N) is 6. The monoisotopic (exact) mass is 473 g/mol. The van der Waals surface area contributed by atoms with E-state index in [4.69, 9.17) is 10.00 Å². The van der Waals surface area contributed by atoms with Crippen molar-refractivity contribution in [1.82, 2.24) is 14.9 Å². The van der Waals surface area contributed by atoms with Crippen LogP contribution in [0.5, 0.6) is 11.8 Å². The van der Waals surface area contributed by atoms with Gasteiger partial charge in [-0.05, 0) is 43.5 Å². The standard InChI is InChI=1S/C26H28FN7O/c1-17-12-19-4-5-21(25(27)20(19)13-17)35-26-31-23(30-22-14-18(2)16-29-22)15-24(32-26)34-10-8-33(9-11-34)7-3-6-28/h4-5,13-15H,3,7-12,16H2,1-2H3,(H,29,30,31,32). The number of benzene rings is 1. The van der Waals surface area contributed by atoms with Crippen molar-refractivity contribution in [2.75, 3.05) is 49.5 Å². The van der Waals surface area contributed by atoms with Crippen LogP contribution in [0.3, 0.4) is 0 Å². The van der Waals surface area contributed by atoms with E-state index < -0.39 is 5.82 Å². The van der Waals surface area contributed by atoms with Crippen molar-refractivity contribution in [2.24, 2.45) is 4.99 Å². The van der Waals surface area contributed by atoms with Gasteiger partial charge in [-0.1, -0.05) is 17.7 Å². The SMILES string of the molecule is CC1=CC(Nc2cc(N3CCN(CCC#N)CC3)nc(Oc3ccc4c(c3F)C=C(C)C4)n2)=NC1. The van der Waals surface area contributed by atoms with Crippen LogP contribution in [0, 0.1) is 17.1 Å². The summed E-state index contributed by atoms with van der Waals surface area (Å²) in [6, 6.07) is 7.69. The van der Waals surface area contributed by atoms with Gasteiger partial charge in [0.2, 0.25) is 0 Å². The molecule has 1 aromatic carbocycles. The third-order valence-electron chi connectivity index (χ3n) is 6.36. The Balaban J connectivity index is 1.41. The van der Waals surface area contributed by atoms with Crippen molar-refractivity contribution < 1.29 is 9.13 Å². The quantitative estimate of drug-likeness (QED) is 0.673. The summed E-state index contributed by atoms with van der Waals surface area (Å²) in [6.07, 6.45) is 5.11. The minimum absolute atomic E-state index is 0.0776. The number of ether oxygens (including phenoxy) is 1. The molecule has 0 bridgehead atoms. The van der Waals surface area contributed by atoms with E-state index in [0.29, 0.717) is 30.2 Å². The molecule has 1 N–H and O–H groups in total. The summed E-state index contributed by atoms with van der Waals surface area (Å²) in [5, 5.41) is 12.1. The van der Waals surface area contributed by atoms with E-state index in [0.717, 1.165) is 61.7 Å². The largest absolute Gasteiger partial charge is 0.421 e. The van der Waals surface area contributed by atoms with Crippen molar-refractivity contribution in [3.63, 3.8) is 0 Å². The van der Waals surface area contributed by atoms with E-state index in [1.165, 1.54) is 0 Å². The number of nitriles is 1. The Hall–Kier alpha value is -3.77. The van der Waals surface area contributed by atoms with Gasteiger partial charge in [0.15, 0.2) is 11.6 Å². The summed E-state index contributed by atoms with van der Waals surface area (Å²) in [6.45, 7) is 8.64. The number of hydrogen-bond acceptors (Lipinski definition) is 8. The lowest BCUT2D eigenvalue weighted by molar-refractivity contribution is 0.262. The molecular formula is C26H28FN7O. The zero-order valence-corrected chi connectivity index (χ0v) is 20.0. The molecule has 180 valence electrons. The lowest BCUT2D eigenvalue weighted by Gasteiger charge is -2.35. The maximum Gasteiger partial charge on any atom is 0.326 e. The van der Waals surface area contributed by atoms with Crippen LogP contribution in [0.1, 0.15) is 31.4 Å². The van der Waals surface area contributed by atoms with Gasteiger partial charge in [-0.2, -0.15) is 15.2 Å². The Bertz CT molecular complexity index is 1270. The number of aromatic nitrogens is 2. The van der Waals surface area contributed by atoms with Crippen LogP contribution in [-0.2, 0) is 6.42 Å². The summed E-state index contributed by atoms with van der Waals surface area (Å²) in [4.78, 5) is 18.0. The molecule has 1 aromatic heterocycles. The number of aliphatic imine (C=N–C) groups is 1. The Morgan fingerprint density at radius 3 is 2.69 bits per heavy atom. The summed E-state index contributed by atoms with van der Waals surface area (Å²) >= 11 is 0. The molecule has 9 heteroatoms. The third-order valence-corrected chi connectivity index (χ3v) is 6.36. The van der Waals surface area contributed by atoms with Crippen LogP contribution in [0.4, 0.5) is 16.0 Å². The summed E-state index contributed by atoms with van der Waals surface area (Å²) in [5.74, 6) is 1.68. The van der Waals surface area contributed by atoms with Crippen molar-refractivity contribution in [2.45, 2.75) is 26.7 Å². The second-order valence-corrected chi connectivity index (χ2v) is 9.17. The van der Waals surface area contributed by atoms with E-state index in [1.54, 1.807) is 6.07 Å². The fourth-order valence-electron chi connectivity index (χ4n) is 4.53. The molecule has 5 rings (SSSR count). The number of fused-ring (bicyclic) bond motifs is 1. The molecule has 1 aliphatic carbocycles. The second kappa shape index (κ2) is 9.84. The Morgan fingerprint density at radius 2 is 1.94 bits per heavy atom. The Labute approximate surface area is 204 Å². The summed E-state index contributed by atoms with van der Waals surface area (Å²) < 4.78 is 21.1. The fourth-order valence-corrected chi connectivity index (χ4v) is 4.53. The number of rotatable bonds is 6. The zero-order chi connectivity index (χ0) is 24.4. The first kappa shape index (κ1) is 23.0. The van der Waals surface area contributed by atoms with Gasteiger partial charge in [-0.15, -0.1) is 0 Å². The highest BCUT2D eigenvalue weighted by Gasteiger charge is 2.22. The number of anilines is 2. The Kier molecular flexibility index (Phi) is 6.47. The highest BCUT2D eigenvalue weighted by Crippen LogP contribution is 2.34. The molecule has 2 aliphatic heterocycles. The van der Waals surface area contributed by atoms with E-state index in [9.17, 15) is 0 Å². The summed E-state index contributed by atoms with van der Waals surface area (Å²) in [5.41, 5.74) is 3.81. The van der Waals surface area contributed by atoms with Gasteiger partial charge in [-0.25, -0.2) is 4.39 Å². The van der Waals surface area contributed by atoms with E-state index in [1.807, 2.05) is 38.1 Å². The molecule has 0 radical (unpaired) electrons. The maximum absolute atomic E-state index is 15.2. The fraction of sp³-hybridized carbons (Fsp3) is 0.385. The average Bonchev–Trinajstić information content (AvgIpc) is 3.44. The van der Waals surface area contributed by atoms with Crippen molar-refractivity contribution in [1.29, 1.82) is 5.26 Å². The normalized spacial score (nSPS) is 17.4. The molecule has 3 aliphatic rings. The van der Waals surface area contributed by atoms with Crippen molar-refractivity contribution >= 4 is 23.5 Å². The topological polar surface area (TPSA) is 89.7 Å². The van der Waals surface area contributed by atoms with Gasteiger partial charge < -0.3 is 15.0 Å². The first-order valence-corrected chi connectivity index (χ1v) is 11.9. The maximum atomic E-state index is 15.2. The van der Waals surface area contributed by atoms with Crippen molar-refractivity contribution in [3.05, 3.63) is 52.4 Å². The summed E-state index contributed by atoms with van der Waals surface area (Å²) in [7, 11) is 0. The second-order valence-electron chi connectivity index (χ2n) is 9.17. The van der Waals surface area contributed by atoms with E-state index in [2.05, 4.69) is 36.1 Å². The molecule has 1 saturated heterocycles. The number of amidine groups is 1. The number of hydrogen-bond donors (Lipinski definition) is 1. The molecule has 0 spiro atoms. The highest BCUT2D eigenvalue weighted by molar-refractivity contribution is 6.05. The molecule has 8 nitrogen and oxygen atoms in total. The molecule has 35 heavy (non-hydrogen) atoms. The van der Waals surface area contributed by atoms with E-state index in [-0.39, 0.29) is 11.8 Å². The molecule has 1 fully saturated rings. The minimum Gasteiger partial charge on any atom is -0.421 e. The highest BCUT2D eigenvalue weighted by atomic mass is 19.1. The number of halogens is 1. The van der Waals surface area contributed by atoms with Gasteiger partial charge in [0.1, 0.15) is 17.5 Å².